The highest BCUT2D eigenvalue weighted by molar-refractivity contribution is 5.94. The smallest absolute Gasteiger partial charge is 0.326 e. The van der Waals surface area contributed by atoms with Crippen LogP contribution in [0.25, 0.3) is 0 Å². The number of aliphatic carboxylic acids is 1. The number of nitrogens with one attached hydrogen (secondary N) is 3. The van der Waals surface area contributed by atoms with Crippen molar-refractivity contribution < 1.29 is 34.2 Å². The summed E-state index contributed by atoms with van der Waals surface area (Å²) in [5, 5.41) is 26.3. The number of aliphatic hydroxyl groups excluding tert-OH is 1. The van der Waals surface area contributed by atoms with Gasteiger partial charge >= 0.3 is 5.97 Å². The van der Waals surface area contributed by atoms with Crippen LogP contribution in [0.1, 0.15) is 31.2 Å². The standard InChI is InChI=1S/C23H36N8O7/c24-14(8-9-18(25)33)19(34)31-17(12-32)21(36)30-16(11-13-5-2-1-3-6-13)20(35)29-15(22(37)38)7-4-10-28-23(26)27/h1-3,5-6,14-17,32H,4,7-12,24H2,(H2,25,33)(H,29,35)(H,30,36)(H,31,34)(H,37,38)(H4,26,27,28). The van der Waals surface area contributed by atoms with Crippen LogP contribution in [-0.4, -0.2) is 83.1 Å². The molecule has 0 fully saturated rings. The van der Waals surface area contributed by atoms with E-state index in [4.69, 9.17) is 22.9 Å². The first-order chi connectivity index (χ1) is 17.9. The van der Waals surface area contributed by atoms with E-state index in [-0.39, 0.29) is 44.6 Å². The number of amides is 4. The predicted octanol–water partition coefficient (Wildman–Crippen LogP) is -3.59. The SMILES string of the molecule is NC(=O)CCC(N)C(=O)NC(CO)C(=O)NC(Cc1ccccc1)C(=O)NC(CCCN=C(N)N)C(=O)O. The molecule has 1 rings (SSSR count). The minimum Gasteiger partial charge on any atom is -0.480 e. The first-order valence-corrected chi connectivity index (χ1v) is 11.8. The van der Waals surface area contributed by atoms with E-state index >= 15 is 0 Å². The lowest BCUT2D eigenvalue weighted by molar-refractivity contribution is -0.142. The Balaban J connectivity index is 2.96. The summed E-state index contributed by atoms with van der Waals surface area (Å²) in [5.41, 5.74) is 21.9. The second-order valence-electron chi connectivity index (χ2n) is 8.45. The molecule has 15 heteroatoms. The molecule has 0 saturated carbocycles. The van der Waals surface area contributed by atoms with Crippen molar-refractivity contribution in [2.24, 2.45) is 27.9 Å². The number of carboxylic acids is 1. The number of benzene rings is 1. The maximum atomic E-state index is 13.1. The Kier molecular flexibility index (Phi) is 13.8. The van der Waals surface area contributed by atoms with Gasteiger partial charge in [-0.15, -0.1) is 0 Å². The van der Waals surface area contributed by atoms with Crippen molar-refractivity contribution in [3.8, 4) is 0 Å². The van der Waals surface area contributed by atoms with Crippen LogP contribution in [0.15, 0.2) is 35.3 Å². The topological polar surface area (TPSA) is 278 Å². The number of guanidine groups is 1. The Bertz CT molecular complexity index is 985. The van der Waals surface area contributed by atoms with Crippen LogP contribution in [-0.2, 0) is 30.4 Å². The molecule has 4 unspecified atom stereocenters. The van der Waals surface area contributed by atoms with Crippen molar-refractivity contribution in [1.29, 1.82) is 0 Å². The summed E-state index contributed by atoms with van der Waals surface area (Å²) >= 11 is 0. The maximum absolute atomic E-state index is 13.1. The van der Waals surface area contributed by atoms with E-state index < -0.39 is 60.4 Å². The largest absolute Gasteiger partial charge is 0.480 e. The summed E-state index contributed by atoms with van der Waals surface area (Å²) in [4.78, 5) is 64.6. The molecule has 0 radical (unpaired) electrons. The maximum Gasteiger partial charge on any atom is 0.326 e. The zero-order valence-electron chi connectivity index (χ0n) is 20.8. The number of nitrogens with two attached hydrogens (primary N) is 4. The summed E-state index contributed by atoms with van der Waals surface area (Å²) in [6.45, 7) is -0.659. The number of rotatable bonds is 17. The summed E-state index contributed by atoms with van der Waals surface area (Å²) in [6.07, 6.45) is 0.0468. The van der Waals surface area contributed by atoms with Gasteiger partial charge in [0.05, 0.1) is 12.6 Å². The Labute approximate surface area is 219 Å². The molecule has 0 aromatic heterocycles. The summed E-state index contributed by atoms with van der Waals surface area (Å²) in [5.74, 6) is -4.60. The van der Waals surface area contributed by atoms with Crippen molar-refractivity contribution in [2.75, 3.05) is 13.2 Å². The molecule has 15 nitrogen and oxygen atoms in total. The number of primary amides is 1. The van der Waals surface area contributed by atoms with Crippen LogP contribution in [0.4, 0.5) is 0 Å². The molecule has 0 aliphatic rings. The van der Waals surface area contributed by atoms with Gasteiger partial charge in [-0.25, -0.2) is 4.79 Å². The molecule has 0 saturated heterocycles. The van der Waals surface area contributed by atoms with E-state index in [9.17, 15) is 34.2 Å². The molecule has 4 amide bonds. The van der Waals surface area contributed by atoms with Gasteiger partial charge in [0.15, 0.2) is 5.96 Å². The van der Waals surface area contributed by atoms with E-state index in [1.54, 1.807) is 30.3 Å². The monoisotopic (exact) mass is 536 g/mol. The van der Waals surface area contributed by atoms with Crippen LogP contribution in [0.2, 0.25) is 0 Å². The lowest BCUT2D eigenvalue weighted by Crippen LogP contribution is -2.58. The zero-order chi connectivity index (χ0) is 28.7. The lowest BCUT2D eigenvalue weighted by Gasteiger charge is -2.24. The number of carboxylic acid groups (broad SMARTS) is 1. The molecule has 210 valence electrons. The van der Waals surface area contributed by atoms with E-state index in [0.717, 1.165) is 0 Å². The van der Waals surface area contributed by atoms with Gasteiger partial charge in [0, 0.05) is 19.4 Å². The molecule has 0 aliphatic heterocycles. The molecule has 0 bridgehead atoms. The lowest BCUT2D eigenvalue weighted by atomic mass is 10.0. The molecule has 4 atom stereocenters. The highest BCUT2D eigenvalue weighted by Gasteiger charge is 2.30. The molecule has 1 aromatic carbocycles. The van der Waals surface area contributed by atoms with E-state index in [1.807, 2.05) is 0 Å². The van der Waals surface area contributed by atoms with E-state index in [1.165, 1.54) is 0 Å². The van der Waals surface area contributed by atoms with Crippen LogP contribution in [0.3, 0.4) is 0 Å². The van der Waals surface area contributed by atoms with Crippen LogP contribution in [0.5, 0.6) is 0 Å². The molecular formula is C23H36N8O7. The molecule has 38 heavy (non-hydrogen) atoms. The van der Waals surface area contributed by atoms with E-state index in [0.29, 0.717) is 5.56 Å². The average molecular weight is 537 g/mol. The molecule has 0 spiro atoms. The molecule has 0 heterocycles. The number of carbonyl (C=O) groups excluding carboxylic acids is 4. The fourth-order valence-electron chi connectivity index (χ4n) is 3.27. The van der Waals surface area contributed by atoms with Crippen LogP contribution < -0.4 is 38.9 Å². The van der Waals surface area contributed by atoms with Gasteiger partial charge in [0.2, 0.25) is 23.6 Å². The van der Waals surface area contributed by atoms with Crippen molar-refractivity contribution in [2.45, 2.75) is 56.3 Å². The third-order valence-electron chi connectivity index (χ3n) is 5.33. The second-order valence-corrected chi connectivity index (χ2v) is 8.45. The molecular weight excluding hydrogens is 500 g/mol. The minimum absolute atomic E-state index is 0.0109. The van der Waals surface area contributed by atoms with Crippen molar-refractivity contribution >= 4 is 35.6 Å². The van der Waals surface area contributed by atoms with Crippen LogP contribution >= 0.6 is 0 Å². The number of aliphatic imine (C=N–C) groups is 1. The fraction of sp³-hybridized carbons (Fsp3) is 0.478. The van der Waals surface area contributed by atoms with Gasteiger partial charge in [-0.3, -0.25) is 24.2 Å². The summed E-state index contributed by atoms with van der Waals surface area (Å²) in [6, 6.07) is 3.44. The third kappa shape index (κ3) is 12.1. The van der Waals surface area contributed by atoms with Crippen molar-refractivity contribution in [3.05, 3.63) is 35.9 Å². The summed E-state index contributed by atoms with van der Waals surface area (Å²) in [7, 11) is 0. The number of nitrogens with zero attached hydrogens (tertiary/aromatic N) is 1. The number of carbonyl (C=O) groups is 5. The Hall–Kier alpha value is -4.24. The van der Waals surface area contributed by atoms with Gasteiger partial charge < -0.3 is 49.1 Å². The van der Waals surface area contributed by atoms with Crippen LogP contribution in [0, 0.1) is 0 Å². The number of hydrogen-bond acceptors (Lipinski definition) is 8. The molecule has 13 N–H and O–H groups in total. The van der Waals surface area contributed by atoms with E-state index in [2.05, 4.69) is 20.9 Å². The van der Waals surface area contributed by atoms with Gasteiger partial charge in [0.1, 0.15) is 18.1 Å². The first-order valence-electron chi connectivity index (χ1n) is 11.8. The predicted molar refractivity (Wildman–Crippen MR) is 137 cm³/mol. The van der Waals surface area contributed by atoms with Crippen molar-refractivity contribution in [1.82, 2.24) is 16.0 Å². The summed E-state index contributed by atoms with van der Waals surface area (Å²) < 4.78 is 0. The van der Waals surface area contributed by atoms with Crippen molar-refractivity contribution in [3.63, 3.8) is 0 Å². The Morgan fingerprint density at radius 3 is 1.97 bits per heavy atom. The Morgan fingerprint density at radius 2 is 1.42 bits per heavy atom. The fourth-order valence-corrected chi connectivity index (χ4v) is 3.27. The first kappa shape index (κ1) is 31.8. The number of aliphatic hydroxyl groups is 1. The highest BCUT2D eigenvalue weighted by atomic mass is 16.4. The highest BCUT2D eigenvalue weighted by Crippen LogP contribution is 2.06. The van der Waals surface area contributed by atoms with Gasteiger partial charge in [-0.05, 0) is 24.8 Å². The van der Waals surface area contributed by atoms with Gasteiger partial charge in [0.25, 0.3) is 0 Å². The zero-order valence-corrected chi connectivity index (χ0v) is 20.8. The second kappa shape index (κ2) is 16.5. The molecule has 0 aliphatic carbocycles. The minimum atomic E-state index is -1.47. The van der Waals surface area contributed by atoms with Gasteiger partial charge in [-0.1, -0.05) is 30.3 Å². The average Bonchev–Trinajstić information content (AvgIpc) is 2.86. The molecule has 1 aromatic rings. The quantitative estimate of drug-likeness (QED) is 0.0535. The Morgan fingerprint density at radius 1 is 0.842 bits per heavy atom. The number of hydrogen-bond donors (Lipinski definition) is 9. The normalized spacial score (nSPS) is 13.7. The van der Waals surface area contributed by atoms with Gasteiger partial charge in [-0.2, -0.15) is 0 Å². The third-order valence-corrected chi connectivity index (χ3v) is 5.33.